The van der Waals surface area contributed by atoms with Gasteiger partial charge in [0, 0.05) is 0 Å². The summed E-state index contributed by atoms with van der Waals surface area (Å²) in [5.74, 6) is -0.0609. The highest BCUT2D eigenvalue weighted by atomic mass is 19.4. The third-order valence-electron chi connectivity index (χ3n) is 8.74. The normalized spacial score (nSPS) is 30.3. The molecule has 4 aliphatic rings. The summed E-state index contributed by atoms with van der Waals surface area (Å²) in [5.41, 5.74) is 6.27. The summed E-state index contributed by atoms with van der Waals surface area (Å²) in [6, 6.07) is 8.70. The summed E-state index contributed by atoms with van der Waals surface area (Å²) < 4.78 is 51.8. The van der Waals surface area contributed by atoms with Crippen LogP contribution in [0.15, 0.2) is 30.3 Å². The predicted octanol–water partition coefficient (Wildman–Crippen LogP) is 3.63. The molecule has 6 nitrogen and oxygen atoms in total. The second kappa shape index (κ2) is 10.6. The smallest absolute Gasteiger partial charge is 0.404 e. The van der Waals surface area contributed by atoms with Gasteiger partial charge < -0.3 is 20.4 Å². The molecule has 5 rings (SSSR count). The molecular formula is C26H39BF3N3O3. The average molecular weight is 509 g/mol. The first-order valence-electron chi connectivity index (χ1n) is 13.1. The van der Waals surface area contributed by atoms with Gasteiger partial charge in [0.2, 0.25) is 5.91 Å². The van der Waals surface area contributed by atoms with Gasteiger partial charge in [-0.15, -0.1) is 0 Å². The van der Waals surface area contributed by atoms with E-state index in [9.17, 15) is 18.0 Å². The zero-order valence-electron chi connectivity index (χ0n) is 21.4. The molecule has 4 fully saturated rings. The number of nitrogens with one attached hydrogen (secondary N) is 2. The van der Waals surface area contributed by atoms with Crippen molar-refractivity contribution in [2.24, 2.45) is 23.0 Å². The van der Waals surface area contributed by atoms with Crippen LogP contribution in [0.5, 0.6) is 0 Å². The largest absolute Gasteiger partial charge is 0.482 e. The number of halogens is 3. The molecule has 36 heavy (non-hydrogen) atoms. The molecule has 1 amide bonds. The van der Waals surface area contributed by atoms with E-state index in [1.54, 1.807) is 0 Å². The molecule has 3 aliphatic carbocycles. The van der Waals surface area contributed by atoms with E-state index >= 15 is 0 Å². The SMILES string of the molecule is CC1(C)[C@@H]2C[C@H]3OB([C@H](Cc4ccccc4)NC(=O)C(CCCCN)NCC(F)(F)F)O[C@@]3(C)[C@H]1C2. The Balaban J connectivity index is 1.50. The van der Waals surface area contributed by atoms with Crippen LogP contribution in [0.3, 0.4) is 0 Å². The molecule has 1 aromatic carbocycles. The van der Waals surface area contributed by atoms with E-state index in [0.717, 1.165) is 18.4 Å². The van der Waals surface area contributed by atoms with E-state index in [1.165, 1.54) is 0 Å². The molecule has 10 heteroatoms. The Morgan fingerprint density at radius 2 is 1.92 bits per heavy atom. The zero-order valence-corrected chi connectivity index (χ0v) is 21.4. The number of hydrogen-bond acceptors (Lipinski definition) is 5. The molecule has 1 aliphatic heterocycles. The molecule has 0 radical (unpaired) electrons. The summed E-state index contributed by atoms with van der Waals surface area (Å²) in [6.45, 7) is 5.87. The molecular weight excluding hydrogens is 470 g/mol. The number of nitrogens with two attached hydrogens (primary N) is 1. The maximum atomic E-state index is 13.3. The van der Waals surface area contributed by atoms with Crippen molar-refractivity contribution >= 4 is 13.0 Å². The number of unbranched alkanes of at least 4 members (excludes halogenated alkanes) is 1. The first kappa shape index (κ1) is 27.4. The molecule has 1 unspecified atom stereocenters. The van der Waals surface area contributed by atoms with E-state index in [0.29, 0.717) is 37.6 Å². The zero-order chi connectivity index (χ0) is 26.1. The van der Waals surface area contributed by atoms with Crippen molar-refractivity contribution in [1.29, 1.82) is 0 Å². The first-order valence-corrected chi connectivity index (χ1v) is 13.1. The van der Waals surface area contributed by atoms with Crippen LogP contribution in [0.25, 0.3) is 0 Å². The van der Waals surface area contributed by atoms with E-state index in [4.69, 9.17) is 15.0 Å². The van der Waals surface area contributed by atoms with Gasteiger partial charge in [-0.05, 0) is 68.4 Å². The van der Waals surface area contributed by atoms with Crippen LogP contribution in [-0.4, -0.2) is 56.0 Å². The third-order valence-corrected chi connectivity index (χ3v) is 8.74. The summed E-state index contributed by atoms with van der Waals surface area (Å²) in [5, 5.41) is 5.40. The molecule has 2 bridgehead atoms. The summed E-state index contributed by atoms with van der Waals surface area (Å²) >= 11 is 0. The lowest BCUT2D eigenvalue weighted by Gasteiger charge is -2.64. The minimum atomic E-state index is -4.41. The van der Waals surface area contributed by atoms with Gasteiger partial charge in [0.05, 0.1) is 30.2 Å². The topological polar surface area (TPSA) is 85.6 Å². The maximum Gasteiger partial charge on any atom is 0.482 e. The highest BCUT2D eigenvalue weighted by molar-refractivity contribution is 6.48. The van der Waals surface area contributed by atoms with Crippen molar-refractivity contribution in [2.45, 2.75) is 89.2 Å². The van der Waals surface area contributed by atoms with E-state index in [1.807, 2.05) is 30.3 Å². The van der Waals surface area contributed by atoms with Crippen molar-refractivity contribution in [3.05, 3.63) is 35.9 Å². The Hall–Kier alpha value is -1.62. The standard InChI is InChI=1S/C26H39BF3N3O3/c1-24(2)18-14-20(24)25(3)21(15-18)35-27(36-25)22(13-17-9-5-4-6-10-17)33-23(34)19(11-7-8-12-31)32-16-26(28,29)30/h4-6,9-10,18-22,32H,7-8,11-16,31H2,1-3H3,(H,33,34)/t18-,19?,20-,21+,22-,25-/m0/s1. The number of benzene rings is 1. The van der Waals surface area contributed by atoms with Gasteiger partial charge in [0.25, 0.3) is 0 Å². The average Bonchev–Trinajstić information content (AvgIpc) is 3.18. The number of carbonyl (C=O) groups excluding carboxylic acids is 1. The minimum Gasteiger partial charge on any atom is -0.404 e. The van der Waals surface area contributed by atoms with Crippen molar-refractivity contribution in [2.75, 3.05) is 13.1 Å². The highest BCUT2D eigenvalue weighted by Crippen LogP contribution is 2.65. The van der Waals surface area contributed by atoms with Crippen LogP contribution in [0.4, 0.5) is 13.2 Å². The van der Waals surface area contributed by atoms with Gasteiger partial charge in [0.15, 0.2) is 0 Å². The quantitative estimate of drug-likeness (QED) is 0.314. The van der Waals surface area contributed by atoms with Gasteiger partial charge in [-0.25, -0.2) is 0 Å². The molecule has 1 saturated heterocycles. The Kier molecular flexibility index (Phi) is 8.10. The Morgan fingerprint density at radius 1 is 1.19 bits per heavy atom. The molecule has 1 heterocycles. The molecule has 200 valence electrons. The van der Waals surface area contributed by atoms with Crippen LogP contribution in [0.1, 0.15) is 58.4 Å². The first-order chi connectivity index (χ1) is 16.9. The van der Waals surface area contributed by atoms with E-state index < -0.39 is 43.3 Å². The number of carbonyl (C=O) groups is 1. The minimum absolute atomic E-state index is 0.0573. The fourth-order valence-corrected chi connectivity index (χ4v) is 6.50. The van der Waals surface area contributed by atoms with Crippen LogP contribution >= 0.6 is 0 Å². The van der Waals surface area contributed by atoms with Crippen LogP contribution in [-0.2, 0) is 20.5 Å². The third kappa shape index (κ3) is 5.77. The second-order valence-electron chi connectivity index (χ2n) is 11.5. The van der Waals surface area contributed by atoms with E-state index in [-0.39, 0.29) is 17.9 Å². The molecule has 4 N–H and O–H groups in total. The second-order valence-corrected chi connectivity index (χ2v) is 11.5. The fraction of sp³-hybridized carbons (Fsp3) is 0.731. The van der Waals surface area contributed by atoms with Crippen LogP contribution in [0.2, 0.25) is 0 Å². The molecule has 0 spiro atoms. The Morgan fingerprint density at radius 3 is 2.56 bits per heavy atom. The van der Waals surface area contributed by atoms with Gasteiger partial charge >= 0.3 is 13.3 Å². The molecule has 6 atom stereocenters. The number of rotatable bonds is 11. The van der Waals surface area contributed by atoms with Crippen LogP contribution in [0, 0.1) is 17.3 Å². The van der Waals surface area contributed by atoms with Crippen molar-refractivity contribution in [3.8, 4) is 0 Å². The number of hydrogen-bond donors (Lipinski definition) is 3. The number of amides is 1. The predicted molar refractivity (Wildman–Crippen MR) is 133 cm³/mol. The van der Waals surface area contributed by atoms with Crippen molar-refractivity contribution in [1.82, 2.24) is 10.6 Å². The monoisotopic (exact) mass is 509 g/mol. The van der Waals surface area contributed by atoms with Gasteiger partial charge in [-0.2, -0.15) is 13.2 Å². The van der Waals surface area contributed by atoms with Gasteiger partial charge in [0.1, 0.15) is 0 Å². The van der Waals surface area contributed by atoms with Crippen molar-refractivity contribution in [3.63, 3.8) is 0 Å². The number of alkyl halides is 3. The van der Waals surface area contributed by atoms with Gasteiger partial charge in [-0.3, -0.25) is 10.1 Å². The fourth-order valence-electron chi connectivity index (χ4n) is 6.50. The van der Waals surface area contributed by atoms with Crippen molar-refractivity contribution < 1.29 is 27.3 Å². The van der Waals surface area contributed by atoms with Gasteiger partial charge in [-0.1, -0.05) is 50.6 Å². The lowest BCUT2D eigenvalue weighted by molar-refractivity contribution is -0.199. The summed E-state index contributed by atoms with van der Waals surface area (Å²) in [4.78, 5) is 13.3. The Labute approximate surface area is 212 Å². The molecule has 1 aromatic rings. The lowest BCUT2D eigenvalue weighted by Crippen LogP contribution is -2.65. The maximum absolute atomic E-state index is 13.3. The van der Waals surface area contributed by atoms with E-state index in [2.05, 4.69) is 31.4 Å². The van der Waals surface area contributed by atoms with Crippen LogP contribution < -0.4 is 16.4 Å². The molecule has 0 aromatic heterocycles. The molecule has 3 saturated carbocycles. The Bertz CT molecular complexity index is 903. The summed E-state index contributed by atoms with van der Waals surface area (Å²) in [7, 11) is -0.674. The highest BCUT2D eigenvalue weighted by Gasteiger charge is 2.68. The summed E-state index contributed by atoms with van der Waals surface area (Å²) in [6.07, 6.45) is -0.540. The lowest BCUT2D eigenvalue weighted by atomic mass is 9.43.